The van der Waals surface area contributed by atoms with E-state index in [1.165, 1.54) is 25.3 Å². The van der Waals surface area contributed by atoms with Crippen molar-refractivity contribution in [3.63, 3.8) is 0 Å². The summed E-state index contributed by atoms with van der Waals surface area (Å²) in [6.45, 7) is 0. The number of esters is 1. The Morgan fingerprint density at radius 2 is 2.23 bits per heavy atom. The molecule has 4 heteroatoms. The van der Waals surface area contributed by atoms with Crippen LogP contribution < -0.4 is 0 Å². The zero-order chi connectivity index (χ0) is 9.84. The Labute approximate surface area is 80.3 Å². The van der Waals surface area contributed by atoms with Crippen LogP contribution in [0.15, 0.2) is 18.2 Å². The standard InChI is InChI=1S/C9H7ClO3/c1-13-9(12)8-4-7(10)3-2-6(8)5-11/h2-5H,1H3. The van der Waals surface area contributed by atoms with Gasteiger partial charge in [-0.3, -0.25) is 4.79 Å². The van der Waals surface area contributed by atoms with Gasteiger partial charge in [-0.05, 0) is 18.2 Å². The zero-order valence-corrected chi connectivity index (χ0v) is 7.67. The SMILES string of the molecule is COC(=O)c1cc(Cl)ccc1C=O. The lowest BCUT2D eigenvalue weighted by molar-refractivity contribution is 0.0598. The Balaban J connectivity index is 3.23. The van der Waals surface area contributed by atoms with Gasteiger partial charge < -0.3 is 4.74 Å². The summed E-state index contributed by atoms with van der Waals surface area (Å²) in [4.78, 5) is 21.6. The first kappa shape index (κ1) is 9.74. The number of ether oxygens (including phenoxy) is 1. The third kappa shape index (κ3) is 2.06. The van der Waals surface area contributed by atoms with Crippen LogP contribution in [0.5, 0.6) is 0 Å². The fourth-order valence-corrected chi connectivity index (χ4v) is 1.09. The van der Waals surface area contributed by atoms with E-state index in [0.717, 1.165) is 0 Å². The van der Waals surface area contributed by atoms with Crippen molar-refractivity contribution in [2.75, 3.05) is 7.11 Å². The number of aldehydes is 1. The van der Waals surface area contributed by atoms with Gasteiger partial charge >= 0.3 is 5.97 Å². The second kappa shape index (κ2) is 4.05. The maximum atomic E-state index is 11.1. The second-order valence-corrected chi connectivity index (χ2v) is 2.78. The van der Waals surface area contributed by atoms with Crippen molar-refractivity contribution >= 4 is 23.9 Å². The van der Waals surface area contributed by atoms with Crippen LogP contribution in [0.2, 0.25) is 5.02 Å². The Bertz CT molecular complexity index is 347. The van der Waals surface area contributed by atoms with E-state index in [-0.39, 0.29) is 11.1 Å². The lowest BCUT2D eigenvalue weighted by Crippen LogP contribution is -2.04. The normalized spacial score (nSPS) is 9.38. The Kier molecular flexibility index (Phi) is 3.03. The van der Waals surface area contributed by atoms with Gasteiger partial charge in [0.25, 0.3) is 0 Å². The molecule has 1 aromatic rings. The summed E-state index contributed by atoms with van der Waals surface area (Å²) in [7, 11) is 1.25. The first-order chi connectivity index (χ1) is 6.19. The molecule has 0 unspecified atom stereocenters. The number of benzene rings is 1. The molecule has 0 aliphatic rings. The number of carbonyl (C=O) groups is 2. The molecule has 3 nitrogen and oxygen atoms in total. The van der Waals surface area contributed by atoms with Crippen LogP contribution in [0.3, 0.4) is 0 Å². The van der Waals surface area contributed by atoms with Crippen LogP contribution in [0.1, 0.15) is 20.7 Å². The molecule has 1 rings (SSSR count). The fourth-order valence-electron chi connectivity index (χ4n) is 0.918. The van der Waals surface area contributed by atoms with Crippen molar-refractivity contribution in [1.82, 2.24) is 0 Å². The summed E-state index contributed by atoms with van der Waals surface area (Å²) in [6, 6.07) is 4.41. The van der Waals surface area contributed by atoms with Gasteiger partial charge in [-0.25, -0.2) is 4.79 Å². The minimum atomic E-state index is -0.565. The molecular formula is C9H7ClO3. The molecule has 68 valence electrons. The summed E-state index contributed by atoms with van der Waals surface area (Å²) in [5, 5.41) is 0.394. The van der Waals surface area contributed by atoms with Crippen LogP contribution in [0, 0.1) is 0 Å². The Hall–Kier alpha value is -1.35. The van der Waals surface area contributed by atoms with Gasteiger partial charge in [0.05, 0.1) is 12.7 Å². The molecule has 0 atom stereocenters. The highest BCUT2D eigenvalue weighted by Gasteiger charge is 2.11. The highest BCUT2D eigenvalue weighted by Crippen LogP contribution is 2.15. The largest absolute Gasteiger partial charge is 0.465 e. The van der Waals surface area contributed by atoms with Crippen molar-refractivity contribution in [3.8, 4) is 0 Å². The van der Waals surface area contributed by atoms with Crippen LogP contribution in [0.4, 0.5) is 0 Å². The minimum Gasteiger partial charge on any atom is -0.465 e. The lowest BCUT2D eigenvalue weighted by Gasteiger charge is -2.02. The molecule has 0 saturated carbocycles. The predicted octanol–water partition coefficient (Wildman–Crippen LogP) is 1.94. The predicted molar refractivity (Wildman–Crippen MR) is 48.2 cm³/mol. The molecule has 0 radical (unpaired) electrons. The second-order valence-electron chi connectivity index (χ2n) is 2.34. The molecule has 0 aliphatic carbocycles. The number of carbonyl (C=O) groups excluding carboxylic acids is 2. The van der Waals surface area contributed by atoms with Gasteiger partial charge in [0.15, 0.2) is 6.29 Å². The highest BCUT2D eigenvalue weighted by atomic mass is 35.5. The maximum absolute atomic E-state index is 11.1. The van der Waals surface area contributed by atoms with E-state index in [1.54, 1.807) is 0 Å². The van der Waals surface area contributed by atoms with Crippen LogP contribution >= 0.6 is 11.6 Å². The van der Waals surface area contributed by atoms with E-state index in [4.69, 9.17) is 11.6 Å². The molecule has 1 aromatic carbocycles. The number of hydrogen-bond acceptors (Lipinski definition) is 3. The van der Waals surface area contributed by atoms with E-state index in [0.29, 0.717) is 11.3 Å². The van der Waals surface area contributed by atoms with Crippen molar-refractivity contribution in [2.45, 2.75) is 0 Å². The minimum absolute atomic E-state index is 0.185. The molecule has 0 bridgehead atoms. The quantitative estimate of drug-likeness (QED) is 0.539. The summed E-state index contributed by atoms with van der Waals surface area (Å²) < 4.78 is 4.48. The van der Waals surface area contributed by atoms with Gasteiger partial charge in [0.1, 0.15) is 0 Å². The van der Waals surface area contributed by atoms with Gasteiger partial charge in [0.2, 0.25) is 0 Å². The van der Waals surface area contributed by atoms with Gasteiger partial charge in [-0.15, -0.1) is 0 Å². The third-order valence-corrected chi connectivity index (χ3v) is 1.78. The van der Waals surface area contributed by atoms with Crippen LogP contribution in [-0.4, -0.2) is 19.4 Å². The number of rotatable bonds is 2. The Morgan fingerprint density at radius 3 is 2.77 bits per heavy atom. The van der Waals surface area contributed by atoms with Crippen molar-refractivity contribution in [2.24, 2.45) is 0 Å². The molecule has 0 saturated heterocycles. The molecule has 0 amide bonds. The molecule has 13 heavy (non-hydrogen) atoms. The molecule has 0 fully saturated rings. The molecule has 0 heterocycles. The topological polar surface area (TPSA) is 43.4 Å². The van der Waals surface area contributed by atoms with Gasteiger partial charge in [-0.2, -0.15) is 0 Å². The number of hydrogen-bond donors (Lipinski definition) is 0. The van der Waals surface area contributed by atoms with E-state index in [1.807, 2.05) is 0 Å². The molecule has 0 spiro atoms. The molecule has 0 N–H and O–H groups in total. The van der Waals surface area contributed by atoms with E-state index < -0.39 is 5.97 Å². The maximum Gasteiger partial charge on any atom is 0.338 e. The summed E-state index contributed by atoms with van der Waals surface area (Å²) in [5.74, 6) is -0.565. The molecule has 0 aromatic heterocycles. The Morgan fingerprint density at radius 1 is 1.54 bits per heavy atom. The van der Waals surface area contributed by atoms with E-state index >= 15 is 0 Å². The first-order valence-corrected chi connectivity index (χ1v) is 3.90. The number of halogens is 1. The van der Waals surface area contributed by atoms with Crippen molar-refractivity contribution in [1.29, 1.82) is 0 Å². The lowest BCUT2D eigenvalue weighted by atomic mass is 10.1. The summed E-state index contributed by atoms with van der Waals surface area (Å²) in [6.07, 6.45) is 0.586. The highest BCUT2D eigenvalue weighted by molar-refractivity contribution is 6.31. The number of methoxy groups -OCH3 is 1. The zero-order valence-electron chi connectivity index (χ0n) is 6.91. The molecule has 0 aliphatic heterocycles. The molecular weight excluding hydrogens is 192 g/mol. The average molecular weight is 199 g/mol. The van der Waals surface area contributed by atoms with Crippen LogP contribution in [-0.2, 0) is 4.74 Å². The monoisotopic (exact) mass is 198 g/mol. The van der Waals surface area contributed by atoms with E-state index in [2.05, 4.69) is 4.74 Å². The first-order valence-electron chi connectivity index (χ1n) is 3.52. The smallest absolute Gasteiger partial charge is 0.338 e. The summed E-state index contributed by atoms with van der Waals surface area (Å²) in [5.41, 5.74) is 0.459. The third-order valence-electron chi connectivity index (χ3n) is 1.55. The fraction of sp³-hybridized carbons (Fsp3) is 0.111. The van der Waals surface area contributed by atoms with Gasteiger partial charge in [-0.1, -0.05) is 11.6 Å². The van der Waals surface area contributed by atoms with Gasteiger partial charge in [0, 0.05) is 10.6 Å². The van der Waals surface area contributed by atoms with Crippen molar-refractivity contribution in [3.05, 3.63) is 34.3 Å². The van der Waals surface area contributed by atoms with Crippen LogP contribution in [0.25, 0.3) is 0 Å². The van der Waals surface area contributed by atoms with E-state index in [9.17, 15) is 9.59 Å². The van der Waals surface area contributed by atoms with Crippen molar-refractivity contribution < 1.29 is 14.3 Å². The summed E-state index contributed by atoms with van der Waals surface area (Å²) >= 11 is 5.65. The average Bonchev–Trinajstić information content (AvgIpc) is 2.16.